The molecule has 0 saturated heterocycles. The second-order valence-corrected chi connectivity index (χ2v) is 7.93. The van der Waals surface area contributed by atoms with Gasteiger partial charge in [-0.1, -0.05) is 29.8 Å². The number of hydrogen-bond acceptors (Lipinski definition) is 4. The average Bonchev–Trinajstić information content (AvgIpc) is 2.72. The zero-order valence-corrected chi connectivity index (χ0v) is 17.2. The topological polar surface area (TPSA) is 47.4 Å². The van der Waals surface area contributed by atoms with Crippen molar-refractivity contribution in [3.8, 4) is 5.75 Å². The van der Waals surface area contributed by atoms with E-state index in [-0.39, 0.29) is 5.56 Å². The largest absolute Gasteiger partial charge is 0.487 e. The summed E-state index contributed by atoms with van der Waals surface area (Å²) in [6.45, 7) is 3.05. The van der Waals surface area contributed by atoms with Crippen LogP contribution in [0, 0.1) is 0 Å². The second-order valence-electron chi connectivity index (χ2n) is 7.49. The summed E-state index contributed by atoms with van der Waals surface area (Å²) in [6, 6.07) is 13.6. The van der Waals surface area contributed by atoms with Gasteiger partial charge in [0.25, 0.3) is 5.56 Å². The van der Waals surface area contributed by atoms with E-state index in [1.807, 2.05) is 6.07 Å². The maximum Gasteiger partial charge on any atom is 0.254 e. The first-order valence-electron chi connectivity index (χ1n) is 9.80. The van der Waals surface area contributed by atoms with Crippen molar-refractivity contribution in [2.24, 2.45) is 0 Å². The van der Waals surface area contributed by atoms with E-state index in [9.17, 15) is 4.79 Å². The fourth-order valence-corrected chi connectivity index (χ4v) is 3.68. The lowest BCUT2D eigenvalue weighted by molar-refractivity contribution is 0.300. The van der Waals surface area contributed by atoms with Crippen LogP contribution in [0.5, 0.6) is 5.75 Å². The molecule has 6 heteroatoms. The number of pyridine rings is 2. The van der Waals surface area contributed by atoms with Gasteiger partial charge in [0.1, 0.15) is 12.4 Å². The van der Waals surface area contributed by atoms with Crippen molar-refractivity contribution in [1.29, 1.82) is 0 Å². The Hall–Kier alpha value is -2.63. The summed E-state index contributed by atoms with van der Waals surface area (Å²) >= 11 is 5.83. The third kappa shape index (κ3) is 5.05. The zero-order valence-electron chi connectivity index (χ0n) is 16.5. The van der Waals surface area contributed by atoms with E-state index < -0.39 is 0 Å². The molecule has 4 rings (SSSR count). The molecule has 0 N–H and O–H groups in total. The third-order valence-corrected chi connectivity index (χ3v) is 5.48. The normalized spacial score (nSPS) is 13.9. The fraction of sp³-hybridized carbons (Fsp3) is 0.304. The van der Waals surface area contributed by atoms with Crippen molar-refractivity contribution < 1.29 is 4.74 Å². The highest BCUT2D eigenvalue weighted by Crippen LogP contribution is 2.20. The molecule has 150 valence electrons. The van der Waals surface area contributed by atoms with Gasteiger partial charge in [-0.3, -0.25) is 9.78 Å². The van der Waals surface area contributed by atoms with Crippen LogP contribution in [0.3, 0.4) is 0 Å². The number of likely N-dealkylation sites (N-methyl/N-ethyl adjacent to an activating group) is 1. The number of rotatable bonds is 6. The fourth-order valence-electron chi connectivity index (χ4n) is 3.57. The van der Waals surface area contributed by atoms with E-state index in [0.717, 1.165) is 31.6 Å². The lowest BCUT2D eigenvalue weighted by Crippen LogP contribution is -2.26. The number of aromatic nitrogens is 2. The highest BCUT2D eigenvalue weighted by Gasteiger charge is 2.13. The van der Waals surface area contributed by atoms with Crippen molar-refractivity contribution >= 4 is 11.6 Å². The molecule has 0 atom stereocenters. The van der Waals surface area contributed by atoms with Gasteiger partial charge in [-0.2, -0.15) is 0 Å². The van der Waals surface area contributed by atoms with Crippen LogP contribution in [0.1, 0.15) is 22.4 Å². The molecule has 1 aliphatic heterocycles. The smallest absolute Gasteiger partial charge is 0.254 e. The van der Waals surface area contributed by atoms with Crippen LogP contribution in [0.15, 0.2) is 59.7 Å². The SMILES string of the molecule is CN1CCc2ccc(CCn3ccc(OCc4ccc(Cl)cn4)cc3=O)cc2C1. The maximum absolute atomic E-state index is 12.4. The Bertz CT molecular complexity index is 1050. The minimum Gasteiger partial charge on any atom is -0.487 e. The van der Waals surface area contributed by atoms with Crippen LogP contribution >= 0.6 is 11.6 Å². The Morgan fingerprint density at radius 2 is 2.03 bits per heavy atom. The van der Waals surface area contributed by atoms with Crippen molar-refractivity contribution in [2.75, 3.05) is 13.6 Å². The molecule has 2 aromatic heterocycles. The summed E-state index contributed by atoms with van der Waals surface area (Å²) in [5.41, 5.74) is 4.81. The molecule has 0 unspecified atom stereocenters. The average molecular weight is 410 g/mol. The molecule has 0 fully saturated rings. The standard InChI is InChI=1S/C23H24ClN3O2/c1-26-9-7-18-3-2-17(12-19(18)15-26)6-10-27-11-8-22(13-23(27)28)29-16-21-5-4-20(24)14-25-21/h2-5,8,11-14H,6-7,9-10,15-16H2,1H3. The second kappa shape index (κ2) is 8.80. The van der Waals surface area contributed by atoms with Crippen LogP contribution in [0.25, 0.3) is 0 Å². The molecular formula is C23H24ClN3O2. The van der Waals surface area contributed by atoms with Gasteiger partial charge in [0, 0.05) is 38.1 Å². The molecule has 0 spiro atoms. The van der Waals surface area contributed by atoms with E-state index in [2.05, 4.69) is 35.1 Å². The summed E-state index contributed by atoms with van der Waals surface area (Å²) in [5, 5.41) is 0.585. The Morgan fingerprint density at radius 3 is 2.83 bits per heavy atom. The number of benzene rings is 1. The van der Waals surface area contributed by atoms with E-state index in [0.29, 0.717) is 23.9 Å². The lowest BCUT2D eigenvalue weighted by atomic mass is 9.97. The molecule has 29 heavy (non-hydrogen) atoms. The summed E-state index contributed by atoms with van der Waals surface area (Å²) in [7, 11) is 2.15. The van der Waals surface area contributed by atoms with Gasteiger partial charge in [-0.15, -0.1) is 0 Å². The van der Waals surface area contributed by atoms with Crippen LogP contribution in [-0.2, 0) is 32.5 Å². The minimum absolute atomic E-state index is 0.0655. The molecule has 0 amide bonds. The van der Waals surface area contributed by atoms with Crippen LogP contribution in [0.4, 0.5) is 0 Å². The summed E-state index contributed by atoms with van der Waals surface area (Å²) in [4.78, 5) is 19.0. The van der Waals surface area contributed by atoms with E-state index >= 15 is 0 Å². The van der Waals surface area contributed by atoms with Gasteiger partial charge in [0.2, 0.25) is 0 Å². The quantitative estimate of drug-likeness (QED) is 0.622. The first-order chi connectivity index (χ1) is 14.1. The van der Waals surface area contributed by atoms with Crippen molar-refractivity contribution in [3.05, 3.63) is 92.6 Å². The van der Waals surface area contributed by atoms with Gasteiger partial charge in [0.05, 0.1) is 10.7 Å². The minimum atomic E-state index is -0.0655. The van der Waals surface area contributed by atoms with Gasteiger partial charge < -0.3 is 14.2 Å². The van der Waals surface area contributed by atoms with Gasteiger partial charge in [-0.05, 0) is 54.8 Å². The molecule has 0 bridgehead atoms. The number of fused-ring (bicyclic) bond motifs is 1. The van der Waals surface area contributed by atoms with Crippen LogP contribution < -0.4 is 10.3 Å². The van der Waals surface area contributed by atoms with Gasteiger partial charge >= 0.3 is 0 Å². The highest BCUT2D eigenvalue weighted by molar-refractivity contribution is 6.30. The Morgan fingerprint density at radius 1 is 1.14 bits per heavy atom. The Balaban J connectivity index is 1.36. The highest BCUT2D eigenvalue weighted by atomic mass is 35.5. The lowest BCUT2D eigenvalue weighted by Gasteiger charge is -2.25. The molecular weight excluding hydrogens is 386 g/mol. The Labute approximate surface area is 175 Å². The van der Waals surface area contributed by atoms with Gasteiger partial charge in [0.15, 0.2) is 0 Å². The molecule has 0 radical (unpaired) electrons. The number of halogens is 1. The molecule has 0 aliphatic carbocycles. The van der Waals surface area contributed by atoms with E-state index in [1.54, 1.807) is 29.1 Å². The van der Waals surface area contributed by atoms with Crippen molar-refractivity contribution in [1.82, 2.24) is 14.5 Å². The Kier molecular flexibility index (Phi) is 5.97. The number of aryl methyl sites for hydroxylation is 2. The van der Waals surface area contributed by atoms with E-state index in [4.69, 9.17) is 16.3 Å². The summed E-state index contributed by atoms with van der Waals surface area (Å²) < 4.78 is 7.40. The first kappa shape index (κ1) is 19.7. The molecule has 1 aliphatic rings. The number of nitrogens with zero attached hydrogens (tertiary/aromatic N) is 3. The third-order valence-electron chi connectivity index (χ3n) is 5.26. The molecule has 1 aromatic carbocycles. The molecule has 5 nitrogen and oxygen atoms in total. The van der Waals surface area contributed by atoms with Crippen LogP contribution in [0.2, 0.25) is 5.02 Å². The first-order valence-corrected chi connectivity index (χ1v) is 10.2. The number of hydrogen-bond donors (Lipinski definition) is 0. The molecule has 3 aromatic rings. The van der Waals surface area contributed by atoms with Crippen molar-refractivity contribution in [3.63, 3.8) is 0 Å². The number of ether oxygens (including phenoxy) is 1. The summed E-state index contributed by atoms with van der Waals surface area (Å²) in [5.74, 6) is 0.541. The maximum atomic E-state index is 12.4. The van der Waals surface area contributed by atoms with Gasteiger partial charge in [-0.25, -0.2) is 0 Å². The van der Waals surface area contributed by atoms with E-state index in [1.165, 1.54) is 22.8 Å². The predicted octanol–water partition coefficient (Wildman–Crippen LogP) is 3.71. The molecule has 3 heterocycles. The predicted molar refractivity (Wildman–Crippen MR) is 114 cm³/mol. The summed E-state index contributed by atoms with van der Waals surface area (Å²) in [6.07, 6.45) is 5.31. The molecule has 0 saturated carbocycles. The van der Waals surface area contributed by atoms with Crippen LogP contribution in [-0.4, -0.2) is 28.0 Å². The zero-order chi connectivity index (χ0) is 20.2. The van der Waals surface area contributed by atoms with Crippen molar-refractivity contribution in [2.45, 2.75) is 32.5 Å². The monoisotopic (exact) mass is 409 g/mol.